The fourth-order valence-electron chi connectivity index (χ4n) is 3.05. The lowest BCUT2D eigenvalue weighted by Crippen LogP contribution is -2.36. The van der Waals surface area contributed by atoms with Crippen LogP contribution in [0.2, 0.25) is 0 Å². The number of aromatic amines is 1. The summed E-state index contributed by atoms with van der Waals surface area (Å²) in [6, 6.07) is 9.87. The fourth-order valence-corrected chi connectivity index (χ4v) is 3.05. The zero-order valence-corrected chi connectivity index (χ0v) is 12.0. The molecule has 0 atom stereocenters. The molecule has 2 aromatic rings. The van der Waals surface area contributed by atoms with Gasteiger partial charge in [-0.05, 0) is 25.2 Å². The van der Waals surface area contributed by atoms with Crippen LogP contribution in [0.4, 0.5) is 0 Å². The van der Waals surface area contributed by atoms with Crippen LogP contribution in [0.3, 0.4) is 0 Å². The molecule has 1 aromatic carbocycles. The highest BCUT2D eigenvalue weighted by molar-refractivity contribution is 5.54. The molecule has 0 amide bonds. The maximum Gasteiger partial charge on any atom is 0.254 e. The molecule has 4 heteroatoms. The maximum absolute atomic E-state index is 12.3. The molecule has 0 radical (unpaired) electrons. The van der Waals surface area contributed by atoms with Gasteiger partial charge in [0.15, 0.2) is 0 Å². The second-order valence-electron chi connectivity index (χ2n) is 6.13. The average Bonchev–Trinajstić information content (AvgIpc) is 3.32. The number of nitrogens with zero attached hydrogens (tertiary/aromatic N) is 2. The van der Waals surface area contributed by atoms with E-state index in [4.69, 9.17) is 4.98 Å². The monoisotopic (exact) mass is 281 g/mol. The largest absolute Gasteiger partial charge is 0.306 e. The molecule has 0 unspecified atom stereocenters. The summed E-state index contributed by atoms with van der Waals surface area (Å²) in [6.07, 6.45) is 3.54. The Balaban J connectivity index is 1.67. The van der Waals surface area contributed by atoms with Crippen molar-refractivity contribution in [1.29, 1.82) is 0 Å². The van der Waals surface area contributed by atoms with Gasteiger partial charge in [0.05, 0.1) is 5.69 Å². The van der Waals surface area contributed by atoms with E-state index in [2.05, 4.69) is 9.88 Å². The van der Waals surface area contributed by atoms with Crippen molar-refractivity contribution in [2.24, 2.45) is 5.92 Å². The molecule has 108 valence electrons. The number of hydrogen-bond acceptors (Lipinski definition) is 3. The van der Waals surface area contributed by atoms with E-state index < -0.39 is 0 Å². The van der Waals surface area contributed by atoms with E-state index in [1.807, 2.05) is 30.3 Å². The van der Waals surface area contributed by atoms with Crippen molar-refractivity contribution in [2.75, 3.05) is 13.1 Å². The first-order chi connectivity index (χ1) is 10.3. The maximum atomic E-state index is 12.3. The van der Waals surface area contributed by atoms with Gasteiger partial charge in [-0.25, -0.2) is 4.98 Å². The van der Waals surface area contributed by atoms with Gasteiger partial charge >= 0.3 is 0 Å². The zero-order valence-electron chi connectivity index (χ0n) is 12.0. The Morgan fingerprint density at radius 1 is 1.24 bits per heavy atom. The average molecular weight is 281 g/mol. The Hall–Kier alpha value is -1.94. The molecule has 1 aliphatic carbocycles. The molecule has 21 heavy (non-hydrogen) atoms. The van der Waals surface area contributed by atoms with Crippen LogP contribution in [-0.2, 0) is 13.0 Å². The van der Waals surface area contributed by atoms with Gasteiger partial charge in [0.1, 0.15) is 5.82 Å². The molecule has 2 heterocycles. The molecule has 0 spiro atoms. The van der Waals surface area contributed by atoms with Crippen LogP contribution in [0, 0.1) is 5.92 Å². The van der Waals surface area contributed by atoms with Gasteiger partial charge in [0.2, 0.25) is 0 Å². The van der Waals surface area contributed by atoms with Crippen molar-refractivity contribution in [2.45, 2.75) is 25.8 Å². The number of hydrogen-bond donors (Lipinski definition) is 1. The Morgan fingerprint density at radius 3 is 2.81 bits per heavy atom. The third-order valence-corrected chi connectivity index (χ3v) is 4.41. The predicted octanol–water partition coefficient (Wildman–Crippen LogP) is 2.21. The summed E-state index contributed by atoms with van der Waals surface area (Å²) in [5.41, 5.74) is 2.84. The summed E-state index contributed by atoms with van der Waals surface area (Å²) in [4.78, 5) is 22.4. The van der Waals surface area contributed by atoms with E-state index in [1.165, 1.54) is 12.8 Å². The van der Waals surface area contributed by atoms with Gasteiger partial charge in [-0.3, -0.25) is 9.69 Å². The summed E-state index contributed by atoms with van der Waals surface area (Å²) in [5, 5.41) is 0. The summed E-state index contributed by atoms with van der Waals surface area (Å²) >= 11 is 0. The Kier molecular flexibility index (Phi) is 3.11. The summed E-state index contributed by atoms with van der Waals surface area (Å²) in [5.74, 6) is 1.56. The summed E-state index contributed by atoms with van der Waals surface area (Å²) in [6.45, 7) is 2.96. The van der Waals surface area contributed by atoms with Crippen molar-refractivity contribution in [3.8, 4) is 11.4 Å². The molecule has 4 nitrogen and oxygen atoms in total. The van der Waals surface area contributed by atoms with Crippen molar-refractivity contribution >= 4 is 0 Å². The van der Waals surface area contributed by atoms with Crippen LogP contribution < -0.4 is 5.56 Å². The minimum Gasteiger partial charge on any atom is -0.306 e. The Labute approximate surface area is 123 Å². The van der Waals surface area contributed by atoms with Crippen LogP contribution in [0.5, 0.6) is 0 Å². The molecule has 2 aliphatic rings. The third-order valence-electron chi connectivity index (χ3n) is 4.41. The van der Waals surface area contributed by atoms with Crippen molar-refractivity contribution < 1.29 is 0 Å². The van der Waals surface area contributed by atoms with Gasteiger partial charge < -0.3 is 4.98 Å². The zero-order chi connectivity index (χ0) is 14.2. The van der Waals surface area contributed by atoms with Crippen LogP contribution >= 0.6 is 0 Å². The highest BCUT2D eigenvalue weighted by atomic mass is 16.1. The smallest absolute Gasteiger partial charge is 0.254 e. The molecule has 1 saturated carbocycles. The molecule has 0 bridgehead atoms. The van der Waals surface area contributed by atoms with Crippen LogP contribution in [0.15, 0.2) is 35.1 Å². The summed E-state index contributed by atoms with van der Waals surface area (Å²) in [7, 11) is 0. The number of fused-ring (bicyclic) bond motifs is 1. The van der Waals surface area contributed by atoms with Crippen molar-refractivity contribution in [3.05, 3.63) is 51.9 Å². The molecular formula is C17H19N3O. The minimum absolute atomic E-state index is 0.0323. The standard InChI is InChI=1S/C17H19N3O/c21-17-14-8-9-20(10-12-6-7-12)11-15(14)18-16(19-17)13-4-2-1-3-5-13/h1-5,12H,6-11H2,(H,18,19,21). The molecular weight excluding hydrogens is 262 g/mol. The van der Waals surface area contributed by atoms with E-state index >= 15 is 0 Å². The second-order valence-corrected chi connectivity index (χ2v) is 6.13. The topological polar surface area (TPSA) is 49.0 Å². The molecule has 0 saturated heterocycles. The first-order valence-electron chi connectivity index (χ1n) is 7.69. The predicted molar refractivity (Wildman–Crippen MR) is 82.0 cm³/mol. The van der Waals surface area contributed by atoms with Crippen LogP contribution in [-0.4, -0.2) is 28.0 Å². The fraction of sp³-hybridized carbons (Fsp3) is 0.412. The molecule has 1 fully saturated rings. The van der Waals surface area contributed by atoms with E-state index in [1.54, 1.807) is 0 Å². The van der Waals surface area contributed by atoms with Crippen molar-refractivity contribution in [3.63, 3.8) is 0 Å². The molecule has 1 aromatic heterocycles. The lowest BCUT2D eigenvalue weighted by atomic mass is 10.1. The summed E-state index contributed by atoms with van der Waals surface area (Å²) < 4.78 is 0. The van der Waals surface area contributed by atoms with Gasteiger partial charge in [0.25, 0.3) is 5.56 Å². The van der Waals surface area contributed by atoms with Crippen LogP contribution in [0.1, 0.15) is 24.1 Å². The van der Waals surface area contributed by atoms with Gasteiger partial charge in [0, 0.05) is 30.8 Å². The highest BCUT2D eigenvalue weighted by Gasteiger charge is 2.27. The normalized spacial score (nSPS) is 18.5. The van der Waals surface area contributed by atoms with Gasteiger partial charge in [-0.2, -0.15) is 0 Å². The number of nitrogens with one attached hydrogen (secondary N) is 1. The van der Waals surface area contributed by atoms with Crippen molar-refractivity contribution in [1.82, 2.24) is 14.9 Å². The lowest BCUT2D eigenvalue weighted by Gasteiger charge is -2.27. The quantitative estimate of drug-likeness (QED) is 0.938. The number of aromatic nitrogens is 2. The second kappa shape index (κ2) is 5.11. The van der Waals surface area contributed by atoms with E-state index in [-0.39, 0.29) is 5.56 Å². The minimum atomic E-state index is 0.0323. The van der Waals surface area contributed by atoms with Gasteiger partial charge in [-0.15, -0.1) is 0 Å². The highest BCUT2D eigenvalue weighted by Crippen LogP contribution is 2.31. The van der Waals surface area contributed by atoms with E-state index in [0.29, 0.717) is 5.82 Å². The van der Waals surface area contributed by atoms with Gasteiger partial charge in [-0.1, -0.05) is 30.3 Å². The van der Waals surface area contributed by atoms with E-state index in [0.717, 1.165) is 48.8 Å². The first-order valence-corrected chi connectivity index (χ1v) is 7.69. The lowest BCUT2D eigenvalue weighted by molar-refractivity contribution is 0.239. The Bertz CT molecular complexity index is 704. The SMILES string of the molecule is O=c1[nH]c(-c2ccccc2)nc2c1CCN(CC1CC1)C2. The number of H-pyrrole nitrogens is 1. The number of rotatable bonds is 3. The van der Waals surface area contributed by atoms with Crippen LogP contribution in [0.25, 0.3) is 11.4 Å². The Morgan fingerprint density at radius 2 is 2.05 bits per heavy atom. The molecule has 4 rings (SSSR count). The van der Waals surface area contributed by atoms with E-state index in [9.17, 15) is 4.79 Å². The molecule has 1 N–H and O–H groups in total. The molecule has 1 aliphatic heterocycles. The third kappa shape index (κ3) is 2.63. The number of benzene rings is 1. The first kappa shape index (κ1) is 12.8.